The van der Waals surface area contributed by atoms with Crippen molar-refractivity contribution in [3.05, 3.63) is 42.2 Å². The van der Waals surface area contributed by atoms with E-state index >= 15 is 0 Å². The van der Waals surface area contributed by atoms with Gasteiger partial charge in [0.05, 0.1) is 5.36 Å². The number of allylic oxidation sites excluding steroid dienone is 1. The molecule has 0 bridgehead atoms. The highest BCUT2D eigenvalue weighted by atomic mass is 15.1. The average molecular weight is 553 g/mol. The van der Waals surface area contributed by atoms with E-state index in [4.69, 9.17) is 9.98 Å². The minimum atomic E-state index is 0.973. The van der Waals surface area contributed by atoms with Gasteiger partial charge in [0.1, 0.15) is 0 Å². The van der Waals surface area contributed by atoms with Crippen molar-refractivity contribution in [2.45, 2.75) is 155 Å². The van der Waals surface area contributed by atoms with Crippen molar-refractivity contribution in [1.82, 2.24) is 9.47 Å². The van der Waals surface area contributed by atoms with Crippen LogP contribution in [-0.4, -0.2) is 41.4 Å². The molecule has 0 amide bonds. The zero-order valence-electron chi connectivity index (χ0n) is 26.6. The Balaban J connectivity index is 1.39. The van der Waals surface area contributed by atoms with Gasteiger partial charge < -0.3 is 9.47 Å². The van der Waals surface area contributed by atoms with E-state index in [0.29, 0.717) is 0 Å². The van der Waals surface area contributed by atoms with Gasteiger partial charge in [-0.05, 0) is 43.9 Å². The molecule has 0 radical (unpaired) electrons. The maximum Gasteiger partial charge on any atom is 0.0603 e. The molecule has 4 nitrogen and oxygen atoms in total. The minimum Gasteiger partial charge on any atom is -0.377 e. The summed E-state index contributed by atoms with van der Waals surface area (Å²) in [6, 6.07) is 4.36. The molecule has 1 aromatic heterocycles. The largest absolute Gasteiger partial charge is 0.377 e. The standard InChI is InChI=1S/C36H64N4/c1-3-5-7-9-15-19-27-37-35-23-31-39(32-24-35)29-21-17-13-11-12-14-18-22-30-40-33-25-36(26-34-40)38-28-20-16-10-8-6-4-2/h23-25,31-33H,3-22,26-30,34H2,1-2H3. The smallest absolute Gasteiger partial charge is 0.0603 e. The lowest BCUT2D eigenvalue weighted by Gasteiger charge is -2.24. The number of aromatic nitrogens is 1. The molecule has 0 aromatic carbocycles. The van der Waals surface area contributed by atoms with Gasteiger partial charge in [-0.25, -0.2) is 0 Å². The topological polar surface area (TPSA) is 32.9 Å². The van der Waals surface area contributed by atoms with Crippen molar-refractivity contribution >= 4 is 5.71 Å². The summed E-state index contributed by atoms with van der Waals surface area (Å²) in [5.74, 6) is 0. The molecule has 40 heavy (non-hydrogen) atoms. The molecule has 228 valence electrons. The molecule has 0 spiro atoms. The molecule has 0 saturated carbocycles. The van der Waals surface area contributed by atoms with Crippen LogP contribution in [0.3, 0.4) is 0 Å². The second-order valence-electron chi connectivity index (χ2n) is 12.0. The molecule has 0 unspecified atom stereocenters. The van der Waals surface area contributed by atoms with E-state index in [1.54, 1.807) is 0 Å². The third kappa shape index (κ3) is 18.5. The number of pyridine rings is 1. The summed E-state index contributed by atoms with van der Waals surface area (Å²) in [5.41, 5.74) is 1.31. The highest BCUT2D eigenvalue weighted by Crippen LogP contribution is 2.12. The fourth-order valence-electron chi connectivity index (χ4n) is 5.51. The molecule has 2 rings (SSSR count). The Labute approximate surface area is 248 Å². The maximum atomic E-state index is 4.83. The number of hydrogen-bond acceptors (Lipinski definition) is 3. The Bertz CT molecular complexity index is 817. The predicted molar refractivity (Wildman–Crippen MR) is 176 cm³/mol. The van der Waals surface area contributed by atoms with Crippen LogP contribution in [0.15, 0.2) is 46.8 Å². The second kappa shape index (κ2) is 24.9. The van der Waals surface area contributed by atoms with E-state index in [9.17, 15) is 0 Å². The molecule has 1 aliphatic heterocycles. The van der Waals surface area contributed by atoms with Gasteiger partial charge in [0, 0.05) is 63.4 Å². The lowest BCUT2D eigenvalue weighted by atomic mass is 10.1. The van der Waals surface area contributed by atoms with Gasteiger partial charge in [-0.15, -0.1) is 0 Å². The molecule has 4 heteroatoms. The number of nitrogens with zero attached hydrogens (tertiary/aromatic N) is 4. The zero-order valence-corrected chi connectivity index (χ0v) is 26.6. The van der Waals surface area contributed by atoms with E-state index < -0.39 is 0 Å². The summed E-state index contributed by atoms with van der Waals surface area (Å²) in [7, 11) is 0. The second-order valence-corrected chi connectivity index (χ2v) is 12.0. The van der Waals surface area contributed by atoms with Crippen molar-refractivity contribution < 1.29 is 0 Å². The van der Waals surface area contributed by atoms with Gasteiger partial charge in [-0.2, -0.15) is 0 Å². The van der Waals surface area contributed by atoms with Crippen LogP contribution in [0.1, 0.15) is 149 Å². The van der Waals surface area contributed by atoms with Crippen molar-refractivity contribution in [3.8, 4) is 0 Å². The Morgan fingerprint density at radius 3 is 1.62 bits per heavy atom. The maximum absolute atomic E-state index is 4.83. The third-order valence-corrected chi connectivity index (χ3v) is 8.25. The Morgan fingerprint density at radius 2 is 1.07 bits per heavy atom. The molecule has 0 N–H and O–H groups in total. The number of aliphatic imine (C=N–C) groups is 1. The Hall–Kier alpha value is -1.84. The normalized spacial score (nSPS) is 14.3. The van der Waals surface area contributed by atoms with Gasteiger partial charge >= 0.3 is 0 Å². The van der Waals surface area contributed by atoms with E-state index in [0.717, 1.165) is 38.0 Å². The summed E-state index contributed by atoms with van der Waals surface area (Å²) < 4.78 is 2.32. The fourth-order valence-corrected chi connectivity index (χ4v) is 5.51. The fraction of sp³-hybridized carbons (Fsp3) is 0.778. The van der Waals surface area contributed by atoms with Crippen molar-refractivity contribution in [3.63, 3.8) is 0 Å². The summed E-state index contributed by atoms with van der Waals surface area (Å²) in [6.45, 7) is 10.0. The van der Waals surface area contributed by atoms with Crippen LogP contribution in [0.2, 0.25) is 0 Å². The van der Waals surface area contributed by atoms with Crippen LogP contribution in [0.5, 0.6) is 0 Å². The minimum absolute atomic E-state index is 0.973. The van der Waals surface area contributed by atoms with E-state index in [1.165, 1.54) is 141 Å². The number of aryl methyl sites for hydroxylation is 1. The summed E-state index contributed by atoms with van der Waals surface area (Å²) in [6.07, 6.45) is 37.1. The SMILES string of the molecule is CCCCCCCCN=C1C=CN(CCCCCCCCCCn2ccc(=NCCCCCCCC)cc2)CC1. The summed E-state index contributed by atoms with van der Waals surface area (Å²) >= 11 is 0. The van der Waals surface area contributed by atoms with Gasteiger partial charge in [0.15, 0.2) is 0 Å². The van der Waals surface area contributed by atoms with Crippen LogP contribution < -0.4 is 5.36 Å². The van der Waals surface area contributed by atoms with Crippen molar-refractivity contribution in [2.75, 3.05) is 26.2 Å². The highest BCUT2D eigenvalue weighted by Gasteiger charge is 2.07. The zero-order chi connectivity index (χ0) is 28.4. The van der Waals surface area contributed by atoms with Crippen LogP contribution in [0, 0.1) is 0 Å². The molecule has 1 aromatic rings. The van der Waals surface area contributed by atoms with E-state index in [-0.39, 0.29) is 0 Å². The number of unbranched alkanes of at least 4 members (excludes halogenated alkanes) is 17. The van der Waals surface area contributed by atoms with Crippen molar-refractivity contribution in [2.24, 2.45) is 9.98 Å². The van der Waals surface area contributed by atoms with Crippen LogP contribution >= 0.6 is 0 Å². The van der Waals surface area contributed by atoms with Gasteiger partial charge in [-0.3, -0.25) is 9.98 Å². The molecular weight excluding hydrogens is 488 g/mol. The first-order valence-corrected chi connectivity index (χ1v) is 17.4. The van der Waals surface area contributed by atoms with E-state index in [1.807, 2.05) is 0 Å². The van der Waals surface area contributed by atoms with Crippen molar-refractivity contribution in [1.29, 1.82) is 0 Å². The molecule has 1 aliphatic rings. The summed E-state index contributed by atoms with van der Waals surface area (Å²) in [5, 5.41) is 1.14. The first kappa shape index (κ1) is 34.4. The van der Waals surface area contributed by atoms with Crippen LogP contribution in [0.25, 0.3) is 0 Å². The highest BCUT2D eigenvalue weighted by molar-refractivity contribution is 5.95. The Kier molecular flexibility index (Phi) is 21.4. The Morgan fingerprint density at radius 1 is 0.575 bits per heavy atom. The first-order valence-electron chi connectivity index (χ1n) is 17.4. The number of hydrogen-bond donors (Lipinski definition) is 0. The molecule has 0 aliphatic carbocycles. The van der Waals surface area contributed by atoms with Gasteiger partial charge in [0.25, 0.3) is 0 Å². The quantitative estimate of drug-likeness (QED) is 0.111. The third-order valence-electron chi connectivity index (χ3n) is 8.25. The molecular formula is C36H64N4. The predicted octanol–water partition coefficient (Wildman–Crippen LogP) is 9.89. The van der Waals surface area contributed by atoms with Gasteiger partial charge in [-0.1, -0.05) is 117 Å². The molecule has 0 fully saturated rings. The first-order chi connectivity index (χ1) is 19.8. The monoisotopic (exact) mass is 553 g/mol. The van der Waals surface area contributed by atoms with Gasteiger partial charge in [0.2, 0.25) is 0 Å². The van der Waals surface area contributed by atoms with Crippen LogP contribution in [0.4, 0.5) is 0 Å². The average Bonchev–Trinajstić information content (AvgIpc) is 2.98. The number of rotatable bonds is 25. The summed E-state index contributed by atoms with van der Waals surface area (Å²) in [4.78, 5) is 12.1. The van der Waals surface area contributed by atoms with Crippen LogP contribution in [-0.2, 0) is 6.54 Å². The van der Waals surface area contributed by atoms with E-state index in [2.05, 4.69) is 60.1 Å². The lowest BCUT2D eigenvalue weighted by molar-refractivity contribution is 0.366. The lowest BCUT2D eigenvalue weighted by Crippen LogP contribution is -2.25. The molecule has 0 atom stereocenters. The molecule has 2 heterocycles. The molecule has 0 saturated heterocycles.